The van der Waals surface area contributed by atoms with E-state index in [0.29, 0.717) is 12.1 Å². The fraction of sp³-hybridized carbons (Fsp3) is 0.211. The van der Waals surface area contributed by atoms with Crippen LogP contribution in [-0.4, -0.2) is 30.2 Å². The largest absolute Gasteiger partial charge is 0.382 e. The number of benzene rings is 2. The first kappa shape index (κ1) is 17.6. The van der Waals surface area contributed by atoms with Crippen molar-refractivity contribution < 1.29 is 18.8 Å². The molecule has 1 aliphatic rings. The van der Waals surface area contributed by atoms with Crippen LogP contribution in [0, 0.1) is 5.82 Å². The van der Waals surface area contributed by atoms with Crippen LogP contribution in [0.4, 0.5) is 10.1 Å². The van der Waals surface area contributed by atoms with Crippen molar-refractivity contribution >= 4 is 23.2 Å². The molecule has 2 N–H and O–H groups in total. The zero-order valence-corrected chi connectivity index (χ0v) is 13.9. The van der Waals surface area contributed by atoms with Gasteiger partial charge in [-0.2, -0.15) is 0 Å². The fourth-order valence-electron chi connectivity index (χ4n) is 2.49. The molecule has 2 amide bonds. The minimum Gasteiger partial charge on any atom is -0.382 e. The summed E-state index contributed by atoms with van der Waals surface area (Å²) in [4.78, 5) is 29.1. The monoisotopic (exact) mass is 355 g/mol. The molecular weight excluding hydrogens is 337 g/mol. The van der Waals surface area contributed by atoms with Gasteiger partial charge in [0.05, 0.1) is 5.71 Å². The second-order valence-electron chi connectivity index (χ2n) is 5.80. The van der Waals surface area contributed by atoms with Crippen molar-refractivity contribution in [2.75, 3.05) is 11.9 Å². The van der Waals surface area contributed by atoms with E-state index in [4.69, 9.17) is 4.84 Å². The molecule has 2 aromatic rings. The van der Waals surface area contributed by atoms with Crippen LogP contribution in [0.2, 0.25) is 0 Å². The molecule has 1 heterocycles. The smallest absolute Gasteiger partial charge is 0.264 e. The SMILES string of the molecule is O=C(CCNC(=O)C1CC(c2ccccc2)=NO1)Nc1ccc(F)cc1. The van der Waals surface area contributed by atoms with Crippen molar-refractivity contribution in [3.05, 3.63) is 66.0 Å². The van der Waals surface area contributed by atoms with Crippen LogP contribution in [0.3, 0.4) is 0 Å². The van der Waals surface area contributed by atoms with Crippen LogP contribution in [0.25, 0.3) is 0 Å². The first-order valence-corrected chi connectivity index (χ1v) is 8.23. The third kappa shape index (κ3) is 4.66. The molecule has 0 bridgehead atoms. The number of amides is 2. The highest BCUT2D eigenvalue weighted by Gasteiger charge is 2.28. The molecule has 134 valence electrons. The standard InChI is InChI=1S/C19H18FN3O3/c20-14-6-8-15(9-7-14)22-18(24)10-11-21-19(25)17-12-16(23-26-17)13-4-2-1-3-5-13/h1-9,17H,10-12H2,(H,21,25)(H,22,24). The molecule has 0 aromatic heterocycles. The molecule has 0 aliphatic carbocycles. The number of nitrogens with one attached hydrogen (secondary N) is 2. The number of rotatable bonds is 6. The lowest BCUT2D eigenvalue weighted by Crippen LogP contribution is -2.36. The van der Waals surface area contributed by atoms with Crippen LogP contribution >= 0.6 is 0 Å². The molecule has 0 spiro atoms. The van der Waals surface area contributed by atoms with E-state index in [-0.39, 0.29) is 30.6 Å². The average molecular weight is 355 g/mol. The predicted octanol–water partition coefficient (Wildman–Crippen LogP) is 2.46. The Morgan fingerprint density at radius 2 is 1.85 bits per heavy atom. The fourth-order valence-corrected chi connectivity index (χ4v) is 2.49. The lowest BCUT2D eigenvalue weighted by atomic mass is 10.0. The Bertz CT molecular complexity index is 807. The van der Waals surface area contributed by atoms with Gasteiger partial charge in [0.25, 0.3) is 5.91 Å². The lowest BCUT2D eigenvalue weighted by Gasteiger charge is -2.10. The number of oxime groups is 1. The molecule has 2 aromatic carbocycles. The molecule has 0 saturated heterocycles. The van der Waals surface area contributed by atoms with E-state index in [9.17, 15) is 14.0 Å². The van der Waals surface area contributed by atoms with Gasteiger partial charge in [0.15, 0.2) is 0 Å². The number of carbonyl (C=O) groups is 2. The number of halogens is 1. The van der Waals surface area contributed by atoms with E-state index in [2.05, 4.69) is 15.8 Å². The van der Waals surface area contributed by atoms with E-state index in [1.54, 1.807) is 0 Å². The molecule has 0 saturated carbocycles. The van der Waals surface area contributed by atoms with E-state index < -0.39 is 6.10 Å². The molecule has 0 fully saturated rings. The van der Waals surface area contributed by atoms with E-state index in [0.717, 1.165) is 11.3 Å². The molecule has 1 unspecified atom stereocenters. The van der Waals surface area contributed by atoms with Gasteiger partial charge in [0, 0.05) is 25.1 Å². The number of carbonyl (C=O) groups excluding carboxylic acids is 2. The summed E-state index contributed by atoms with van der Waals surface area (Å²) >= 11 is 0. The Kier molecular flexibility index (Phi) is 5.58. The van der Waals surface area contributed by atoms with Gasteiger partial charge in [-0.15, -0.1) is 0 Å². The van der Waals surface area contributed by atoms with Gasteiger partial charge < -0.3 is 15.5 Å². The van der Waals surface area contributed by atoms with Crippen LogP contribution in [-0.2, 0) is 14.4 Å². The van der Waals surface area contributed by atoms with Crippen molar-refractivity contribution in [2.45, 2.75) is 18.9 Å². The minimum atomic E-state index is -0.689. The van der Waals surface area contributed by atoms with Crippen LogP contribution in [0.1, 0.15) is 18.4 Å². The molecular formula is C19H18FN3O3. The normalized spacial score (nSPS) is 15.7. The Balaban J connectivity index is 1.39. The summed E-state index contributed by atoms with van der Waals surface area (Å²) in [6, 6.07) is 15.0. The maximum atomic E-state index is 12.8. The summed E-state index contributed by atoms with van der Waals surface area (Å²) in [7, 11) is 0. The summed E-state index contributed by atoms with van der Waals surface area (Å²) < 4.78 is 12.8. The molecule has 0 radical (unpaired) electrons. The van der Waals surface area contributed by atoms with Crippen molar-refractivity contribution in [3.63, 3.8) is 0 Å². The molecule has 26 heavy (non-hydrogen) atoms. The molecule has 1 aliphatic heterocycles. The Labute approximate surface area is 150 Å². The summed E-state index contributed by atoms with van der Waals surface area (Å²) in [5.41, 5.74) is 2.14. The van der Waals surface area contributed by atoms with E-state index >= 15 is 0 Å². The first-order valence-electron chi connectivity index (χ1n) is 8.23. The Morgan fingerprint density at radius 1 is 1.12 bits per heavy atom. The first-order chi connectivity index (χ1) is 12.6. The van der Waals surface area contributed by atoms with Gasteiger partial charge in [0.2, 0.25) is 12.0 Å². The van der Waals surface area contributed by atoms with Gasteiger partial charge in [-0.3, -0.25) is 9.59 Å². The van der Waals surface area contributed by atoms with Gasteiger partial charge in [-0.25, -0.2) is 4.39 Å². The summed E-state index contributed by atoms with van der Waals surface area (Å²) in [6.45, 7) is 0.173. The predicted molar refractivity (Wildman–Crippen MR) is 95.1 cm³/mol. The van der Waals surface area contributed by atoms with Crippen molar-refractivity contribution in [1.29, 1.82) is 0 Å². The number of hydrogen-bond donors (Lipinski definition) is 2. The quantitative estimate of drug-likeness (QED) is 0.835. The second kappa shape index (κ2) is 8.24. The van der Waals surface area contributed by atoms with E-state index in [1.165, 1.54) is 24.3 Å². The lowest BCUT2D eigenvalue weighted by molar-refractivity contribution is -0.131. The number of hydrogen-bond acceptors (Lipinski definition) is 4. The van der Waals surface area contributed by atoms with Gasteiger partial charge >= 0.3 is 0 Å². The van der Waals surface area contributed by atoms with Crippen LogP contribution in [0.5, 0.6) is 0 Å². The average Bonchev–Trinajstić information content (AvgIpc) is 3.15. The van der Waals surface area contributed by atoms with Gasteiger partial charge in [-0.1, -0.05) is 35.5 Å². The van der Waals surface area contributed by atoms with Gasteiger partial charge in [-0.05, 0) is 29.8 Å². The van der Waals surface area contributed by atoms with Crippen molar-refractivity contribution in [1.82, 2.24) is 5.32 Å². The Hall–Kier alpha value is -3.22. The van der Waals surface area contributed by atoms with Crippen molar-refractivity contribution in [2.24, 2.45) is 5.16 Å². The van der Waals surface area contributed by atoms with Gasteiger partial charge in [0.1, 0.15) is 5.82 Å². The minimum absolute atomic E-state index is 0.0994. The topological polar surface area (TPSA) is 79.8 Å². The highest BCUT2D eigenvalue weighted by Crippen LogP contribution is 2.16. The molecule has 6 nitrogen and oxygen atoms in total. The molecule has 1 atom stereocenters. The number of nitrogens with zero attached hydrogens (tertiary/aromatic N) is 1. The third-order valence-corrected chi connectivity index (χ3v) is 3.85. The van der Waals surface area contributed by atoms with E-state index in [1.807, 2.05) is 30.3 Å². The number of anilines is 1. The van der Waals surface area contributed by atoms with Crippen molar-refractivity contribution in [3.8, 4) is 0 Å². The highest BCUT2D eigenvalue weighted by molar-refractivity contribution is 6.04. The summed E-state index contributed by atoms with van der Waals surface area (Å²) in [5, 5.41) is 9.25. The molecule has 7 heteroatoms. The summed E-state index contributed by atoms with van der Waals surface area (Å²) in [5.74, 6) is -0.955. The Morgan fingerprint density at radius 3 is 2.58 bits per heavy atom. The zero-order valence-electron chi connectivity index (χ0n) is 13.9. The highest BCUT2D eigenvalue weighted by atomic mass is 19.1. The maximum Gasteiger partial charge on any atom is 0.264 e. The summed E-state index contributed by atoms with van der Waals surface area (Å²) in [6.07, 6.45) is -0.204. The second-order valence-corrected chi connectivity index (χ2v) is 5.80. The molecule has 3 rings (SSSR count). The maximum absolute atomic E-state index is 12.8. The van der Waals surface area contributed by atoms with Crippen LogP contribution in [0.15, 0.2) is 59.8 Å². The third-order valence-electron chi connectivity index (χ3n) is 3.85. The van der Waals surface area contributed by atoms with Crippen LogP contribution < -0.4 is 10.6 Å². The zero-order chi connectivity index (χ0) is 18.4.